The minimum absolute atomic E-state index is 0.0220. The number of aromatic nitrogens is 1. The number of fused-ring (bicyclic) bond motifs is 1. The number of anilines is 1. The summed E-state index contributed by atoms with van der Waals surface area (Å²) in [6.07, 6.45) is 3.71. The average molecular weight is 486 g/mol. The van der Waals surface area contributed by atoms with Gasteiger partial charge in [0.25, 0.3) is 11.5 Å². The highest BCUT2D eigenvalue weighted by Crippen LogP contribution is 2.36. The summed E-state index contributed by atoms with van der Waals surface area (Å²) in [4.78, 5) is 31.3. The van der Waals surface area contributed by atoms with Crippen LogP contribution in [0.3, 0.4) is 0 Å². The molecule has 1 aromatic heterocycles. The molecule has 3 aliphatic rings. The molecule has 1 unspecified atom stereocenters. The van der Waals surface area contributed by atoms with Crippen LogP contribution in [0.1, 0.15) is 25.3 Å². The number of rotatable bonds is 5. The SMILES string of the molecule is CCn1c(=O)c(C=C2SC(=S)N(CC3CCCO3)C2=O)c(N2CCOCC2)c2ccccc21. The number of thioether (sulfide) groups is 1. The third-order valence-corrected chi connectivity index (χ3v) is 7.76. The number of amides is 1. The fourth-order valence-corrected chi connectivity index (χ4v) is 6.02. The van der Waals surface area contributed by atoms with Crippen LogP contribution in [-0.4, -0.2) is 65.3 Å². The third-order valence-electron chi connectivity index (χ3n) is 6.38. The van der Waals surface area contributed by atoms with Crippen LogP contribution in [0.2, 0.25) is 0 Å². The van der Waals surface area contributed by atoms with E-state index >= 15 is 0 Å². The van der Waals surface area contributed by atoms with Crippen LogP contribution in [0.5, 0.6) is 0 Å². The van der Waals surface area contributed by atoms with E-state index in [9.17, 15) is 9.59 Å². The van der Waals surface area contributed by atoms with Crippen LogP contribution in [0.15, 0.2) is 34.0 Å². The van der Waals surface area contributed by atoms with Crippen molar-refractivity contribution in [3.63, 3.8) is 0 Å². The molecular weight excluding hydrogens is 458 g/mol. The van der Waals surface area contributed by atoms with E-state index in [1.807, 2.05) is 31.2 Å². The maximum absolute atomic E-state index is 13.7. The molecule has 0 aliphatic carbocycles. The number of nitrogens with zero attached hydrogens (tertiary/aromatic N) is 3. The van der Waals surface area contributed by atoms with Crippen LogP contribution in [-0.2, 0) is 20.8 Å². The molecule has 3 aliphatic heterocycles. The standard InChI is InChI=1S/C24H27N3O4S2/c1-2-26-19-8-4-3-7-17(19)21(25-9-12-30-13-10-25)18(22(26)28)14-20-23(29)27(24(32)33-20)15-16-6-5-11-31-16/h3-4,7-8,14,16H,2,5-6,9-13,15H2,1H3. The molecule has 1 aromatic carbocycles. The van der Waals surface area contributed by atoms with Crippen molar-refractivity contribution < 1.29 is 14.3 Å². The molecule has 0 radical (unpaired) electrons. The summed E-state index contributed by atoms with van der Waals surface area (Å²) >= 11 is 6.79. The van der Waals surface area contributed by atoms with Crippen LogP contribution in [0.25, 0.3) is 17.0 Å². The lowest BCUT2D eigenvalue weighted by Crippen LogP contribution is -2.38. The van der Waals surface area contributed by atoms with Gasteiger partial charge in [-0.3, -0.25) is 14.5 Å². The summed E-state index contributed by atoms with van der Waals surface area (Å²) in [6, 6.07) is 7.97. The Kier molecular flexibility index (Phi) is 6.56. The zero-order valence-electron chi connectivity index (χ0n) is 18.6. The van der Waals surface area contributed by atoms with Crippen molar-refractivity contribution >= 4 is 56.9 Å². The number of ether oxygens (including phenoxy) is 2. The van der Waals surface area contributed by atoms with Crippen molar-refractivity contribution in [1.82, 2.24) is 9.47 Å². The highest BCUT2D eigenvalue weighted by molar-refractivity contribution is 8.26. The first kappa shape index (κ1) is 22.6. The number of hydrogen-bond acceptors (Lipinski definition) is 7. The topological polar surface area (TPSA) is 64.0 Å². The van der Waals surface area contributed by atoms with Crippen molar-refractivity contribution in [2.45, 2.75) is 32.4 Å². The van der Waals surface area contributed by atoms with Gasteiger partial charge in [0, 0.05) is 31.6 Å². The molecule has 0 N–H and O–H groups in total. The van der Waals surface area contributed by atoms with E-state index in [-0.39, 0.29) is 17.6 Å². The zero-order valence-corrected chi connectivity index (χ0v) is 20.3. The Hall–Kier alpha value is -2.20. The number of aryl methyl sites for hydroxylation is 1. The van der Waals surface area contributed by atoms with E-state index in [4.69, 9.17) is 21.7 Å². The second kappa shape index (κ2) is 9.58. The zero-order chi connectivity index (χ0) is 22.9. The highest BCUT2D eigenvalue weighted by atomic mass is 32.2. The monoisotopic (exact) mass is 485 g/mol. The van der Waals surface area contributed by atoms with Crippen molar-refractivity contribution in [1.29, 1.82) is 0 Å². The molecule has 0 spiro atoms. The summed E-state index contributed by atoms with van der Waals surface area (Å²) in [6.45, 7) is 6.31. The predicted molar refractivity (Wildman–Crippen MR) is 136 cm³/mol. The van der Waals surface area contributed by atoms with Gasteiger partial charge in [0.15, 0.2) is 0 Å². The minimum atomic E-state index is -0.149. The predicted octanol–water partition coefficient (Wildman–Crippen LogP) is 3.24. The summed E-state index contributed by atoms with van der Waals surface area (Å²) in [7, 11) is 0. The van der Waals surface area contributed by atoms with E-state index in [1.165, 1.54) is 11.8 Å². The molecule has 7 nitrogen and oxygen atoms in total. The number of para-hydroxylation sites is 1. The van der Waals surface area contributed by atoms with E-state index in [2.05, 4.69) is 4.90 Å². The molecule has 0 bridgehead atoms. The Morgan fingerprint density at radius 3 is 2.70 bits per heavy atom. The molecule has 9 heteroatoms. The molecule has 2 aromatic rings. The van der Waals surface area contributed by atoms with Crippen LogP contribution >= 0.6 is 24.0 Å². The van der Waals surface area contributed by atoms with E-state index in [1.54, 1.807) is 15.5 Å². The minimum Gasteiger partial charge on any atom is -0.378 e. The van der Waals surface area contributed by atoms with Crippen LogP contribution in [0, 0.1) is 0 Å². The summed E-state index contributed by atoms with van der Waals surface area (Å²) in [5.41, 5.74) is 2.21. The summed E-state index contributed by atoms with van der Waals surface area (Å²) in [5.74, 6) is -0.149. The Balaban J connectivity index is 1.62. The van der Waals surface area contributed by atoms with Gasteiger partial charge in [-0.1, -0.05) is 42.2 Å². The number of morpholine rings is 1. The largest absolute Gasteiger partial charge is 0.378 e. The van der Waals surface area contributed by atoms with Gasteiger partial charge in [0.2, 0.25) is 0 Å². The van der Waals surface area contributed by atoms with Gasteiger partial charge >= 0.3 is 0 Å². The van der Waals surface area contributed by atoms with Crippen molar-refractivity contribution in [3.8, 4) is 0 Å². The molecular formula is C24H27N3O4S2. The summed E-state index contributed by atoms with van der Waals surface area (Å²) in [5, 5.41) is 1.00. The van der Waals surface area contributed by atoms with Gasteiger partial charge < -0.3 is 18.9 Å². The lowest BCUT2D eigenvalue weighted by molar-refractivity contribution is -0.123. The van der Waals surface area contributed by atoms with Crippen molar-refractivity contribution in [2.24, 2.45) is 0 Å². The second-order valence-corrected chi connectivity index (χ2v) is 10.0. The van der Waals surface area contributed by atoms with Gasteiger partial charge in [0.1, 0.15) is 4.32 Å². The molecule has 1 amide bonds. The summed E-state index contributed by atoms with van der Waals surface area (Å²) < 4.78 is 13.6. The first-order valence-electron chi connectivity index (χ1n) is 11.4. The number of pyridine rings is 1. The lowest BCUT2D eigenvalue weighted by Gasteiger charge is -2.31. The fraction of sp³-hybridized carbons (Fsp3) is 0.458. The molecule has 3 saturated heterocycles. The van der Waals surface area contributed by atoms with Gasteiger partial charge in [-0.15, -0.1) is 0 Å². The number of hydrogen-bond donors (Lipinski definition) is 0. The Morgan fingerprint density at radius 1 is 1.18 bits per heavy atom. The molecule has 4 heterocycles. The first-order chi connectivity index (χ1) is 16.1. The van der Waals surface area contributed by atoms with Gasteiger partial charge in [-0.2, -0.15) is 0 Å². The quantitative estimate of drug-likeness (QED) is 0.476. The molecule has 3 fully saturated rings. The average Bonchev–Trinajstić information content (AvgIpc) is 3.44. The Bertz CT molecular complexity index is 1180. The normalized spacial score (nSPS) is 22.8. The number of carbonyl (C=O) groups is 1. The number of benzene rings is 1. The number of carbonyl (C=O) groups excluding carboxylic acids is 1. The van der Waals surface area contributed by atoms with E-state index in [0.29, 0.717) is 54.2 Å². The first-order valence-corrected chi connectivity index (χ1v) is 12.7. The van der Waals surface area contributed by atoms with E-state index < -0.39 is 0 Å². The molecule has 1 atom stereocenters. The number of thiocarbonyl (C=S) groups is 1. The van der Waals surface area contributed by atoms with Crippen molar-refractivity contribution in [3.05, 3.63) is 45.1 Å². The van der Waals surface area contributed by atoms with Gasteiger partial charge in [0.05, 0.1) is 47.5 Å². The molecule has 33 heavy (non-hydrogen) atoms. The van der Waals surface area contributed by atoms with Crippen LogP contribution in [0.4, 0.5) is 5.69 Å². The molecule has 0 saturated carbocycles. The Morgan fingerprint density at radius 2 is 1.97 bits per heavy atom. The fourth-order valence-electron chi connectivity index (χ4n) is 4.76. The van der Waals surface area contributed by atoms with Gasteiger partial charge in [-0.25, -0.2) is 0 Å². The maximum Gasteiger partial charge on any atom is 0.266 e. The lowest BCUT2D eigenvalue weighted by atomic mass is 10.1. The van der Waals surface area contributed by atoms with Crippen LogP contribution < -0.4 is 10.5 Å². The van der Waals surface area contributed by atoms with Gasteiger partial charge in [-0.05, 0) is 31.9 Å². The van der Waals surface area contributed by atoms with E-state index in [0.717, 1.165) is 36.0 Å². The maximum atomic E-state index is 13.7. The van der Waals surface area contributed by atoms with Crippen molar-refractivity contribution in [2.75, 3.05) is 44.4 Å². The molecule has 174 valence electrons. The molecule has 5 rings (SSSR count). The Labute approximate surface area is 202 Å². The third kappa shape index (κ3) is 4.23. The highest BCUT2D eigenvalue weighted by Gasteiger charge is 2.35. The second-order valence-electron chi connectivity index (χ2n) is 8.36. The smallest absolute Gasteiger partial charge is 0.266 e.